The molecule has 4 nitrogen and oxygen atoms in total. The van der Waals surface area contributed by atoms with Gasteiger partial charge in [0.05, 0.1) is 12.4 Å². The van der Waals surface area contributed by atoms with E-state index in [1.165, 1.54) is 0 Å². The van der Waals surface area contributed by atoms with E-state index in [1.54, 1.807) is 12.4 Å². The Morgan fingerprint density at radius 2 is 2.05 bits per heavy atom. The first-order chi connectivity index (χ1) is 8.96. The Morgan fingerprint density at radius 1 is 1.26 bits per heavy atom. The number of nitrogens with zero attached hydrogens (tertiary/aromatic N) is 3. The summed E-state index contributed by atoms with van der Waals surface area (Å²) >= 11 is 3.27. The van der Waals surface area contributed by atoms with Gasteiger partial charge in [0.2, 0.25) is 0 Å². The summed E-state index contributed by atoms with van der Waals surface area (Å²) in [5.74, 6) is 0.963. The zero-order valence-electron chi connectivity index (χ0n) is 10.9. The van der Waals surface area contributed by atoms with Crippen molar-refractivity contribution in [3.05, 3.63) is 40.5 Å². The maximum atomic E-state index is 12.1. The normalized spacial score (nSPS) is 17.3. The van der Waals surface area contributed by atoms with E-state index in [4.69, 9.17) is 0 Å². The summed E-state index contributed by atoms with van der Waals surface area (Å²) in [7, 11) is 0. The number of halogens is 1. The molecule has 5 heteroatoms. The lowest BCUT2D eigenvalue weighted by Gasteiger charge is -2.29. The van der Waals surface area contributed by atoms with E-state index in [1.807, 2.05) is 16.8 Å². The van der Waals surface area contributed by atoms with Gasteiger partial charge >= 0.3 is 0 Å². The molecule has 0 aliphatic heterocycles. The quantitative estimate of drug-likeness (QED) is 0.811. The van der Waals surface area contributed by atoms with Crippen molar-refractivity contribution in [1.82, 2.24) is 14.5 Å². The van der Waals surface area contributed by atoms with Crippen LogP contribution in [0.1, 0.15) is 36.3 Å². The van der Waals surface area contributed by atoms with Crippen LogP contribution < -0.4 is 0 Å². The average molecular weight is 320 g/mol. The number of hydrogen-bond acceptors (Lipinski definition) is 3. The molecule has 1 aliphatic rings. The van der Waals surface area contributed by atoms with Gasteiger partial charge < -0.3 is 4.57 Å². The largest absolute Gasteiger partial charge is 0.304 e. The first kappa shape index (κ1) is 12.5. The molecule has 0 atom stereocenters. The molecule has 0 saturated heterocycles. The lowest BCUT2D eigenvalue weighted by molar-refractivity contribution is 0.0911. The fourth-order valence-corrected chi connectivity index (χ4v) is 2.79. The Labute approximate surface area is 120 Å². The summed E-state index contributed by atoms with van der Waals surface area (Å²) in [4.78, 5) is 20.7. The number of hydrogen-bond donors (Lipinski definition) is 0. The molecular formula is C14H14BrN3O. The molecule has 0 saturated carbocycles. The molecule has 0 amide bonds. The van der Waals surface area contributed by atoms with Crippen molar-refractivity contribution in [2.24, 2.45) is 5.41 Å². The van der Waals surface area contributed by atoms with Gasteiger partial charge in [-0.05, 0) is 33.8 Å². The van der Waals surface area contributed by atoms with Crippen molar-refractivity contribution in [1.29, 1.82) is 0 Å². The van der Waals surface area contributed by atoms with Crippen molar-refractivity contribution >= 4 is 21.7 Å². The van der Waals surface area contributed by atoms with E-state index < -0.39 is 0 Å². The number of Topliss-reactive ketones (excluding diaryl/α,β-unsaturated/α-hetero) is 1. The van der Waals surface area contributed by atoms with Crippen LogP contribution in [0, 0.1) is 5.41 Å². The second kappa shape index (κ2) is 4.27. The van der Waals surface area contributed by atoms with Gasteiger partial charge in [-0.25, -0.2) is 9.97 Å². The fraction of sp³-hybridized carbons (Fsp3) is 0.357. The first-order valence-corrected chi connectivity index (χ1v) is 6.97. The van der Waals surface area contributed by atoms with Crippen LogP contribution in [0.4, 0.5) is 0 Å². The number of carbonyl (C=O) groups excluding carboxylic acids is 1. The molecule has 0 N–H and O–H groups in total. The molecule has 2 heterocycles. The van der Waals surface area contributed by atoms with Crippen LogP contribution in [0.25, 0.3) is 5.82 Å². The van der Waals surface area contributed by atoms with Crippen LogP contribution in [0.15, 0.2) is 29.3 Å². The molecule has 3 rings (SSSR count). The minimum Gasteiger partial charge on any atom is -0.304 e. The molecule has 19 heavy (non-hydrogen) atoms. The zero-order valence-corrected chi connectivity index (χ0v) is 12.4. The topological polar surface area (TPSA) is 47.8 Å². The van der Waals surface area contributed by atoms with Gasteiger partial charge in [-0.2, -0.15) is 0 Å². The summed E-state index contributed by atoms with van der Waals surface area (Å²) in [6, 6.07) is 1.89. The van der Waals surface area contributed by atoms with E-state index in [9.17, 15) is 4.79 Å². The Bertz CT molecular complexity index is 643. The summed E-state index contributed by atoms with van der Waals surface area (Å²) < 4.78 is 2.67. The van der Waals surface area contributed by atoms with Crippen molar-refractivity contribution in [2.75, 3.05) is 0 Å². The maximum Gasteiger partial charge on any atom is 0.165 e. The van der Waals surface area contributed by atoms with Crippen LogP contribution >= 0.6 is 15.9 Å². The van der Waals surface area contributed by atoms with Crippen molar-refractivity contribution in [3.63, 3.8) is 0 Å². The van der Waals surface area contributed by atoms with Crippen LogP contribution in [0.2, 0.25) is 0 Å². The average Bonchev–Trinajstić information content (AvgIpc) is 2.72. The highest BCUT2D eigenvalue weighted by atomic mass is 79.9. The van der Waals surface area contributed by atoms with E-state index in [2.05, 4.69) is 39.7 Å². The molecule has 0 unspecified atom stereocenters. The van der Waals surface area contributed by atoms with Crippen molar-refractivity contribution in [2.45, 2.75) is 26.7 Å². The molecule has 0 bridgehead atoms. The highest BCUT2D eigenvalue weighted by Gasteiger charge is 2.33. The predicted molar refractivity (Wildman–Crippen MR) is 75.5 cm³/mol. The van der Waals surface area contributed by atoms with Crippen molar-refractivity contribution in [3.8, 4) is 5.82 Å². The first-order valence-electron chi connectivity index (χ1n) is 6.18. The standard InChI is InChI=1S/C14H14BrN3O/c1-14(2)5-10-9(11(19)6-14)3-4-18(10)13-8-16-12(15)7-17-13/h3-4,7-8H,5-6H2,1-2H3. The molecular weight excluding hydrogens is 306 g/mol. The lowest BCUT2D eigenvalue weighted by atomic mass is 9.76. The molecule has 0 aromatic carbocycles. The second-order valence-electron chi connectivity index (χ2n) is 5.68. The number of carbonyl (C=O) groups is 1. The number of ketones is 1. The van der Waals surface area contributed by atoms with E-state index >= 15 is 0 Å². The van der Waals surface area contributed by atoms with Gasteiger partial charge in [0.15, 0.2) is 11.6 Å². The van der Waals surface area contributed by atoms with Gasteiger partial charge in [0.1, 0.15) is 4.60 Å². The van der Waals surface area contributed by atoms with Gasteiger partial charge in [-0.15, -0.1) is 0 Å². The third-order valence-electron chi connectivity index (χ3n) is 3.43. The third kappa shape index (κ3) is 2.23. The Morgan fingerprint density at radius 3 is 2.74 bits per heavy atom. The van der Waals surface area contributed by atoms with Crippen LogP contribution in [0.5, 0.6) is 0 Å². The van der Waals surface area contributed by atoms with Crippen molar-refractivity contribution < 1.29 is 4.79 Å². The molecule has 1 aliphatic carbocycles. The minimum absolute atomic E-state index is 0.00296. The summed E-state index contributed by atoms with van der Waals surface area (Å²) in [6.07, 6.45) is 6.75. The van der Waals surface area contributed by atoms with Gasteiger partial charge in [-0.1, -0.05) is 13.8 Å². The number of rotatable bonds is 1. The SMILES string of the molecule is CC1(C)CC(=O)c2ccn(-c3cnc(Br)cn3)c2C1. The van der Waals surface area contributed by atoms with Crippen LogP contribution in [-0.4, -0.2) is 20.3 Å². The van der Waals surface area contributed by atoms with Crippen LogP contribution in [0.3, 0.4) is 0 Å². The summed E-state index contributed by atoms with van der Waals surface area (Å²) in [5.41, 5.74) is 1.87. The molecule has 0 fully saturated rings. The van der Waals surface area contributed by atoms with Gasteiger partial charge in [-0.3, -0.25) is 4.79 Å². The molecule has 0 spiro atoms. The van der Waals surface area contributed by atoms with Gasteiger partial charge in [0, 0.05) is 23.9 Å². The fourth-order valence-electron chi connectivity index (χ4n) is 2.59. The summed E-state index contributed by atoms with van der Waals surface area (Å²) in [6.45, 7) is 4.25. The third-order valence-corrected chi connectivity index (χ3v) is 3.84. The van der Waals surface area contributed by atoms with Crippen LogP contribution in [-0.2, 0) is 6.42 Å². The molecule has 98 valence electrons. The van der Waals surface area contributed by atoms with Gasteiger partial charge in [0.25, 0.3) is 0 Å². The predicted octanol–water partition coefficient (Wildman–Crippen LogP) is 3.18. The molecule has 2 aromatic rings. The van der Waals surface area contributed by atoms with E-state index in [-0.39, 0.29) is 11.2 Å². The minimum atomic E-state index is 0.00296. The monoisotopic (exact) mass is 319 g/mol. The highest BCUT2D eigenvalue weighted by molar-refractivity contribution is 9.10. The number of fused-ring (bicyclic) bond motifs is 1. The molecule has 0 radical (unpaired) electrons. The molecule has 2 aromatic heterocycles. The lowest BCUT2D eigenvalue weighted by Crippen LogP contribution is -2.27. The smallest absolute Gasteiger partial charge is 0.165 e. The Hall–Kier alpha value is -1.49. The van der Waals surface area contributed by atoms with E-state index in [0.717, 1.165) is 23.5 Å². The maximum absolute atomic E-state index is 12.1. The zero-order chi connectivity index (χ0) is 13.6. The second-order valence-corrected chi connectivity index (χ2v) is 6.50. The Balaban J connectivity index is 2.11. The Kier molecular flexibility index (Phi) is 2.82. The summed E-state index contributed by atoms with van der Waals surface area (Å²) in [5, 5.41) is 0. The highest BCUT2D eigenvalue weighted by Crippen LogP contribution is 2.35. The van der Waals surface area contributed by atoms with E-state index in [0.29, 0.717) is 11.0 Å². The number of aromatic nitrogens is 3.